The molecule has 2 aromatic rings. The molecule has 5 heteroatoms. The molecule has 0 aliphatic carbocycles. The van der Waals surface area contributed by atoms with E-state index >= 15 is 0 Å². The summed E-state index contributed by atoms with van der Waals surface area (Å²) < 4.78 is 5.24. The second kappa shape index (κ2) is 5.98. The third-order valence-electron chi connectivity index (χ3n) is 2.92. The molecule has 96 valence electrons. The average Bonchev–Trinajstić information content (AvgIpc) is 2.82. The lowest BCUT2D eigenvalue weighted by atomic mass is 10.1. The quantitative estimate of drug-likeness (QED) is 0.903. The lowest BCUT2D eigenvalue weighted by Gasteiger charge is -2.04. The van der Waals surface area contributed by atoms with E-state index in [-0.39, 0.29) is 5.92 Å². The summed E-state index contributed by atoms with van der Waals surface area (Å²) in [5, 5.41) is 4.69. The summed E-state index contributed by atoms with van der Waals surface area (Å²) >= 11 is 6.09. The fourth-order valence-corrected chi connectivity index (χ4v) is 1.96. The number of hydrogen-bond acceptors (Lipinski definition) is 4. The maximum atomic E-state index is 6.09. The first-order chi connectivity index (χ1) is 8.74. The topological polar surface area (TPSA) is 64.9 Å². The van der Waals surface area contributed by atoms with Crippen LogP contribution in [0.4, 0.5) is 0 Å². The Labute approximate surface area is 111 Å². The summed E-state index contributed by atoms with van der Waals surface area (Å²) in [4.78, 5) is 4.37. The van der Waals surface area contributed by atoms with E-state index in [2.05, 4.69) is 17.1 Å². The van der Waals surface area contributed by atoms with Crippen LogP contribution in [0.2, 0.25) is 5.02 Å². The van der Waals surface area contributed by atoms with Crippen molar-refractivity contribution in [2.45, 2.75) is 25.7 Å². The molecule has 2 rings (SSSR count). The second-order valence-electron chi connectivity index (χ2n) is 4.16. The molecule has 0 radical (unpaired) electrons. The summed E-state index contributed by atoms with van der Waals surface area (Å²) in [6.07, 6.45) is 1.47. The van der Waals surface area contributed by atoms with Gasteiger partial charge >= 0.3 is 0 Å². The molecule has 0 aliphatic rings. The molecule has 0 saturated carbocycles. The minimum Gasteiger partial charge on any atom is -0.339 e. The van der Waals surface area contributed by atoms with Crippen molar-refractivity contribution < 1.29 is 4.52 Å². The van der Waals surface area contributed by atoms with E-state index in [9.17, 15) is 0 Å². The SMILES string of the molecule is CCC(CN)c1nc(Cc2ccccc2Cl)no1. The van der Waals surface area contributed by atoms with Gasteiger partial charge in [-0.25, -0.2) is 0 Å². The Morgan fingerprint density at radius 1 is 1.39 bits per heavy atom. The van der Waals surface area contributed by atoms with E-state index < -0.39 is 0 Å². The standard InChI is InChI=1S/C13H16ClN3O/c1-2-9(8-15)13-16-12(17-18-13)7-10-5-3-4-6-11(10)14/h3-6,9H,2,7-8,15H2,1H3. The summed E-state index contributed by atoms with van der Waals surface area (Å²) in [6, 6.07) is 7.65. The Kier molecular flexibility index (Phi) is 4.33. The van der Waals surface area contributed by atoms with Gasteiger partial charge in [0.1, 0.15) is 0 Å². The molecule has 1 unspecified atom stereocenters. The molecule has 1 aromatic carbocycles. The maximum absolute atomic E-state index is 6.09. The molecule has 1 heterocycles. The van der Waals surface area contributed by atoms with Crippen LogP contribution in [-0.4, -0.2) is 16.7 Å². The van der Waals surface area contributed by atoms with Gasteiger partial charge in [-0.05, 0) is 18.1 Å². The molecule has 0 spiro atoms. The fraction of sp³-hybridized carbons (Fsp3) is 0.385. The Morgan fingerprint density at radius 3 is 2.83 bits per heavy atom. The minimum atomic E-state index is 0.137. The first kappa shape index (κ1) is 13.1. The van der Waals surface area contributed by atoms with Gasteiger partial charge in [-0.1, -0.05) is 41.9 Å². The zero-order valence-electron chi connectivity index (χ0n) is 10.3. The van der Waals surface area contributed by atoms with Crippen LogP contribution in [-0.2, 0) is 6.42 Å². The van der Waals surface area contributed by atoms with Gasteiger partial charge in [0.05, 0.1) is 5.92 Å². The predicted molar refractivity (Wildman–Crippen MR) is 70.6 cm³/mol. The Hall–Kier alpha value is -1.39. The molecule has 0 fully saturated rings. The van der Waals surface area contributed by atoms with Gasteiger partial charge in [-0.3, -0.25) is 0 Å². The monoisotopic (exact) mass is 265 g/mol. The number of halogens is 1. The highest BCUT2D eigenvalue weighted by atomic mass is 35.5. The lowest BCUT2D eigenvalue weighted by Crippen LogP contribution is -2.11. The van der Waals surface area contributed by atoms with Crippen LogP contribution in [0.5, 0.6) is 0 Å². The number of rotatable bonds is 5. The second-order valence-corrected chi connectivity index (χ2v) is 4.57. The Morgan fingerprint density at radius 2 is 2.17 bits per heavy atom. The minimum absolute atomic E-state index is 0.137. The van der Waals surface area contributed by atoms with Crippen molar-refractivity contribution in [1.82, 2.24) is 10.1 Å². The van der Waals surface area contributed by atoms with Crippen molar-refractivity contribution in [1.29, 1.82) is 0 Å². The Balaban J connectivity index is 2.14. The molecule has 1 atom stereocenters. The number of nitrogens with two attached hydrogens (primary N) is 1. The van der Waals surface area contributed by atoms with Crippen LogP contribution in [0.1, 0.15) is 36.5 Å². The van der Waals surface area contributed by atoms with Gasteiger partial charge in [-0.2, -0.15) is 4.98 Å². The van der Waals surface area contributed by atoms with Crippen molar-refractivity contribution in [2.75, 3.05) is 6.54 Å². The molecular formula is C13H16ClN3O. The van der Waals surface area contributed by atoms with E-state index in [1.807, 2.05) is 24.3 Å². The summed E-state index contributed by atoms with van der Waals surface area (Å²) in [7, 11) is 0. The number of nitrogens with zero attached hydrogens (tertiary/aromatic N) is 2. The summed E-state index contributed by atoms with van der Waals surface area (Å²) in [6.45, 7) is 2.57. The van der Waals surface area contributed by atoms with Crippen molar-refractivity contribution in [2.24, 2.45) is 5.73 Å². The van der Waals surface area contributed by atoms with Crippen molar-refractivity contribution in [3.05, 3.63) is 46.6 Å². The number of hydrogen-bond donors (Lipinski definition) is 1. The van der Waals surface area contributed by atoms with Crippen molar-refractivity contribution in [3.63, 3.8) is 0 Å². The summed E-state index contributed by atoms with van der Waals surface area (Å²) in [5.41, 5.74) is 6.65. The molecule has 0 aliphatic heterocycles. The van der Waals surface area contributed by atoms with Gasteiger partial charge in [0.25, 0.3) is 0 Å². The van der Waals surface area contributed by atoms with E-state index in [1.54, 1.807) is 0 Å². The zero-order chi connectivity index (χ0) is 13.0. The normalized spacial score (nSPS) is 12.6. The lowest BCUT2D eigenvalue weighted by molar-refractivity contribution is 0.348. The molecule has 18 heavy (non-hydrogen) atoms. The predicted octanol–water partition coefficient (Wildman–Crippen LogP) is 2.77. The zero-order valence-corrected chi connectivity index (χ0v) is 11.0. The molecule has 0 bridgehead atoms. The van der Waals surface area contributed by atoms with Crippen LogP contribution in [0, 0.1) is 0 Å². The third-order valence-corrected chi connectivity index (χ3v) is 3.29. The highest BCUT2D eigenvalue weighted by molar-refractivity contribution is 6.31. The molecule has 0 amide bonds. The molecule has 0 saturated heterocycles. The highest BCUT2D eigenvalue weighted by Gasteiger charge is 2.16. The molecule has 2 N–H and O–H groups in total. The van der Waals surface area contributed by atoms with Crippen LogP contribution >= 0.6 is 11.6 Å². The van der Waals surface area contributed by atoms with E-state index in [1.165, 1.54) is 0 Å². The van der Waals surface area contributed by atoms with E-state index in [4.69, 9.17) is 21.9 Å². The Bertz CT molecular complexity index is 508. The van der Waals surface area contributed by atoms with E-state index in [0.717, 1.165) is 17.0 Å². The molecule has 4 nitrogen and oxygen atoms in total. The van der Waals surface area contributed by atoms with Crippen molar-refractivity contribution in [3.8, 4) is 0 Å². The fourth-order valence-electron chi connectivity index (χ4n) is 1.76. The maximum Gasteiger partial charge on any atom is 0.231 e. The van der Waals surface area contributed by atoms with Gasteiger partial charge in [0, 0.05) is 18.0 Å². The van der Waals surface area contributed by atoms with Crippen LogP contribution < -0.4 is 5.73 Å². The highest BCUT2D eigenvalue weighted by Crippen LogP contribution is 2.20. The first-order valence-electron chi connectivity index (χ1n) is 6.00. The van der Waals surface area contributed by atoms with Crippen LogP contribution in [0.25, 0.3) is 0 Å². The van der Waals surface area contributed by atoms with Gasteiger partial charge in [0.15, 0.2) is 5.82 Å². The smallest absolute Gasteiger partial charge is 0.231 e. The average molecular weight is 266 g/mol. The van der Waals surface area contributed by atoms with E-state index in [0.29, 0.717) is 24.7 Å². The largest absolute Gasteiger partial charge is 0.339 e. The van der Waals surface area contributed by atoms with Crippen LogP contribution in [0.3, 0.4) is 0 Å². The van der Waals surface area contributed by atoms with Gasteiger partial charge in [0.2, 0.25) is 5.89 Å². The first-order valence-corrected chi connectivity index (χ1v) is 6.38. The van der Waals surface area contributed by atoms with Crippen LogP contribution in [0.15, 0.2) is 28.8 Å². The number of aromatic nitrogens is 2. The molecule has 1 aromatic heterocycles. The van der Waals surface area contributed by atoms with Crippen molar-refractivity contribution >= 4 is 11.6 Å². The van der Waals surface area contributed by atoms with Gasteiger partial charge < -0.3 is 10.3 Å². The van der Waals surface area contributed by atoms with Gasteiger partial charge in [-0.15, -0.1) is 0 Å². The summed E-state index contributed by atoms with van der Waals surface area (Å²) in [5.74, 6) is 1.39. The molecular weight excluding hydrogens is 250 g/mol. The number of benzene rings is 1. The third kappa shape index (κ3) is 2.89.